The summed E-state index contributed by atoms with van der Waals surface area (Å²) in [5, 5.41) is 11.7. The molecule has 0 bridgehead atoms. The summed E-state index contributed by atoms with van der Waals surface area (Å²) >= 11 is 0. The van der Waals surface area contributed by atoms with Crippen molar-refractivity contribution in [3.8, 4) is 0 Å². The average Bonchev–Trinajstić information content (AvgIpc) is 2.52. The van der Waals surface area contributed by atoms with Crippen molar-refractivity contribution in [3.05, 3.63) is 66.0 Å². The van der Waals surface area contributed by atoms with Crippen LogP contribution < -0.4 is 5.32 Å². The van der Waals surface area contributed by atoms with Crippen LogP contribution in [-0.2, 0) is 11.2 Å². The van der Waals surface area contributed by atoms with Gasteiger partial charge < -0.3 is 10.4 Å². The van der Waals surface area contributed by atoms with Gasteiger partial charge in [0.25, 0.3) is 5.91 Å². The van der Waals surface area contributed by atoms with E-state index in [4.69, 9.17) is 0 Å². The van der Waals surface area contributed by atoms with Crippen LogP contribution >= 0.6 is 0 Å². The molecule has 5 heteroatoms. The molecule has 0 saturated carbocycles. The van der Waals surface area contributed by atoms with Crippen molar-refractivity contribution in [3.63, 3.8) is 0 Å². The first-order chi connectivity index (χ1) is 10.2. The number of nitrogens with zero attached hydrogens (tertiary/aromatic N) is 1. The standard InChI is InChI=1S/C16H16N2O3/c19-15(13-8-4-5-11-17-13)18-14(16(20)21)10-9-12-6-2-1-3-7-12/h1-8,11,14H,9-10H2,(H,18,19)(H,20,21). The number of aliphatic carboxylic acids is 1. The second-order valence-corrected chi connectivity index (χ2v) is 4.60. The fraction of sp³-hybridized carbons (Fsp3) is 0.188. The molecule has 1 unspecified atom stereocenters. The second kappa shape index (κ2) is 7.19. The molecule has 2 N–H and O–H groups in total. The number of aryl methyl sites for hydroxylation is 1. The number of amides is 1. The molecule has 1 aromatic heterocycles. The van der Waals surface area contributed by atoms with E-state index in [0.29, 0.717) is 12.8 Å². The molecule has 108 valence electrons. The van der Waals surface area contributed by atoms with Crippen LogP contribution in [0.3, 0.4) is 0 Å². The highest BCUT2D eigenvalue weighted by Crippen LogP contribution is 2.06. The lowest BCUT2D eigenvalue weighted by Gasteiger charge is -2.14. The maximum absolute atomic E-state index is 11.9. The minimum atomic E-state index is -1.05. The van der Waals surface area contributed by atoms with E-state index in [2.05, 4.69) is 10.3 Å². The summed E-state index contributed by atoms with van der Waals surface area (Å²) < 4.78 is 0. The van der Waals surface area contributed by atoms with Gasteiger partial charge in [0.15, 0.2) is 0 Å². The largest absolute Gasteiger partial charge is 0.480 e. The van der Waals surface area contributed by atoms with Crippen molar-refractivity contribution in [1.29, 1.82) is 0 Å². The molecule has 0 aliphatic carbocycles. The van der Waals surface area contributed by atoms with Gasteiger partial charge in [-0.15, -0.1) is 0 Å². The number of nitrogens with one attached hydrogen (secondary N) is 1. The Labute approximate surface area is 122 Å². The molecule has 1 aromatic carbocycles. The summed E-state index contributed by atoms with van der Waals surface area (Å²) in [6.07, 6.45) is 2.41. The molecule has 0 radical (unpaired) electrons. The van der Waals surface area contributed by atoms with Crippen LogP contribution in [0.5, 0.6) is 0 Å². The number of carboxylic acids is 1. The first-order valence-electron chi connectivity index (χ1n) is 6.65. The summed E-state index contributed by atoms with van der Waals surface area (Å²) in [6.45, 7) is 0. The number of hydrogen-bond acceptors (Lipinski definition) is 3. The normalized spacial score (nSPS) is 11.6. The predicted octanol–water partition coefficient (Wildman–Crippen LogP) is 1.90. The summed E-state index contributed by atoms with van der Waals surface area (Å²) in [6, 6.07) is 13.6. The SMILES string of the molecule is O=C(NC(CCc1ccccc1)C(=O)O)c1ccccn1. The highest BCUT2D eigenvalue weighted by Gasteiger charge is 2.20. The number of aromatic nitrogens is 1. The molecule has 1 atom stereocenters. The Bertz CT molecular complexity index is 599. The summed E-state index contributed by atoms with van der Waals surface area (Å²) in [5.74, 6) is -1.52. The Morgan fingerprint density at radius 2 is 1.81 bits per heavy atom. The van der Waals surface area contributed by atoms with Crippen molar-refractivity contribution in [2.24, 2.45) is 0 Å². The van der Waals surface area contributed by atoms with Crippen LogP contribution in [0, 0.1) is 0 Å². The second-order valence-electron chi connectivity index (χ2n) is 4.60. The van der Waals surface area contributed by atoms with Crippen LogP contribution in [0.1, 0.15) is 22.5 Å². The smallest absolute Gasteiger partial charge is 0.326 e. The lowest BCUT2D eigenvalue weighted by Crippen LogP contribution is -2.41. The van der Waals surface area contributed by atoms with Gasteiger partial charge in [0.1, 0.15) is 11.7 Å². The minimum absolute atomic E-state index is 0.212. The fourth-order valence-corrected chi connectivity index (χ4v) is 1.94. The first-order valence-corrected chi connectivity index (χ1v) is 6.65. The third kappa shape index (κ3) is 4.42. The minimum Gasteiger partial charge on any atom is -0.480 e. The monoisotopic (exact) mass is 284 g/mol. The third-order valence-corrected chi connectivity index (χ3v) is 3.07. The number of carbonyl (C=O) groups is 2. The van der Waals surface area contributed by atoms with Gasteiger partial charge in [0.2, 0.25) is 0 Å². The maximum Gasteiger partial charge on any atom is 0.326 e. The molecule has 0 aliphatic heterocycles. The van der Waals surface area contributed by atoms with Crippen molar-refractivity contribution >= 4 is 11.9 Å². The Morgan fingerprint density at radius 1 is 1.10 bits per heavy atom. The molecule has 0 saturated heterocycles. The topological polar surface area (TPSA) is 79.3 Å². The molecule has 1 heterocycles. The van der Waals surface area contributed by atoms with Crippen molar-refractivity contribution < 1.29 is 14.7 Å². The summed E-state index contributed by atoms with van der Waals surface area (Å²) in [4.78, 5) is 27.1. The number of hydrogen-bond donors (Lipinski definition) is 2. The van der Waals surface area contributed by atoms with Gasteiger partial charge in [-0.25, -0.2) is 4.79 Å². The van der Waals surface area contributed by atoms with E-state index >= 15 is 0 Å². The quantitative estimate of drug-likeness (QED) is 0.849. The van der Waals surface area contributed by atoms with Crippen molar-refractivity contribution in [1.82, 2.24) is 10.3 Å². The zero-order valence-electron chi connectivity index (χ0n) is 11.4. The van der Waals surface area contributed by atoms with E-state index < -0.39 is 17.9 Å². The van der Waals surface area contributed by atoms with E-state index in [1.54, 1.807) is 18.2 Å². The van der Waals surface area contributed by atoms with Crippen molar-refractivity contribution in [2.45, 2.75) is 18.9 Å². The van der Waals surface area contributed by atoms with Crippen LogP contribution in [-0.4, -0.2) is 28.0 Å². The van der Waals surface area contributed by atoms with Crippen LogP contribution in [0.15, 0.2) is 54.7 Å². The molecule has 1 amide bonds. The molecule has 0 fully saturated rings. The Hall–Kier alpha value is -2.69. The molecule has 5 nitrogen and oxygen atoms in total. The van der Waals surface area contributed by atoms with Gasteiger partial charge >= 0.3 is 5.97 Å². The predicted molar refractivity (Wildman–Crippen MR) is 77.9 cm³/mol. The zero-order chi connectivity index (χ0) is 15.1. The molecule has 2 aromatic rings. The third-order valence-electron chi connectivity index (χ3n) is 3.07. The van der Waals surface area contributed by atoms with E-state index in [1.165, 1.54) is 6.20 Å². The Balaban J connectivity index is 1.96. The molecule has 0 aliphatic rings. The molecule has 2 rings (SSSR count). The highest BCUT2D eigenvalue weighted by atomic mass is 16.4. The molecular weight excluding hydrogens is 268 g/mol. The molecule has 0 spiro atoms. The van der Waals surface area contributed by atoms with Gasteiger partial charge in [0, 0.05) is 6.20 Å². The average molecular weight is 284 g/mol. The lowest BCUT2D eigenvalue weighted by molar-refractivity contribution is -0.139. The van der Waals surface area contributed by atoms with Crippen molar-refractivity contribution in [2.75, 3.05) is 0 Å². The van der Waals surface area contributed by atoms with Gasteiger partial charge in [-0.2, -0.15) is 0 Å². The van der Waals surface area contributed by atoms with Crippen LogP contribution in [0.2, 0.25) is 0 Å². The number of carbonyl (C=O) groups excluding carboxylic acids is 1. The number of pyridine rings is 1. The van der Waals surface area contributed by atoms with E-state index in [1.807, 2.05) is 30.3 Å². The molecule has 21 heavy (non-hydrogen) atoms. The van der Waals surface area contributed by atoms with Gasteiger partial charge in [-0.3, -0.25) is 9.78 Å². The van der Waals surface area contributed by atoms with E-state index in [-0.39, 0.29) is 5.69 Å². The van der Waals surface area contributed by atoms with E-state index in [0.717, 1.165) is 5.56 Å². The number of carboxylic acid groups (broad SMARTS) is 1. The number of rotatable bonds is 6. The first kappa shape index (κ1) is 14.7. The fourth-order valence-electron chi connectivity index (χ4n) is 1.94. The van der Waals surface area contributed by atoms with E-state index in [9.17, 15) is 14.7 Å². The van der Waals surface area contributed by atoms with Crippen LogP contribution in [0.4, 0.5) is 0 Å². The van der Waals surface area contributed by atoms with Gasteiger partial charge in [-0.05, 0) is 30.5 Å². The highest BCUT2D eigenvalue weighted by molar-refractivity contribution is 5.94. The lowest BCUT2D eigenvalue weighted by atomic mass is 10.1. The maximum atomic E-state index is 11.9. The number of benzene rings is 1. The van der Waals surface area contributed by atoms with Gasteiger partial charge in [-0.1, -0.05) is 36.4 Å². The van der Waals surface area contributed by atoms with Crippen LogP contribution in [0.25, 0.3) is 0 Å². The summed E-state index contributed by atoms with van der Waals surface area (Å²) in [5.41, 5.74) is 1.25. The zero-order valence-corrected chi connectivity index (χ0v) is 11.4. The Morgan fingerprint density at radius 3 is 2.43 bits per heavy atom. The summed E-state index contributed by atoms with van der Waals surface area (Å²) in [7, 11) is 0. The Kier molecular flexibility index (Phi) is 5.04. The van der Waals surface area contributed by atoms with Gasteiger partial charge in [0.05, 0.1) is 0 Å². The molecular formula is C16H16N2O3.